The van der Waals surface area contributed by atoms with Crippen molar-refractivity contribution < 1.29 is 14.2 Å². The third-order valence-corrected chi connectivity index (χ3v) is 2.04. The van der Waals surface area contributed by atoms with E-state index in [0.717, 1.165) is 12.2 Å². The Bertz CT molecular complexity index is 276. The first kappa shape index (κ1) is 13.2. The largest absolute Gasteiger partial charge is 0.382 e. The first-order valence-electron chi connectivity index (χ1n) is 5.47. The van der Waals surface area contributed by atoms with Gasteiger partial charge in [-0.25, -0.2) is 0 Å². The maximum absolute atomic E-state index is 5.40. The van der Waals surface area contributed by atoms with E-state index in [1.54, 1.807) is 7.11 Å². The molecule has 1 rings (SSSR count). The Morgan fingerprint density at radius 2 is 1.81 bits per heavy atom. The molecule has 0 aliphatic rings. The molecule has 0 radical (unpaired) electrons. The van der Waals surface area contributed by atoms with Crippen molar-refractivity contribution in [2.45, 2.75) is 13.5 Å². The second-order valence-corrected chi connectivity index (χ2v) is 3.44. The quantitative estimate of drug-likeness (QED) is 0.588. The Kier molecular flexibility index (Phi) is 6.80. The summed E-state index contributed by atoms with van der Waals surface area (Å²) < 4.78 is 17.4. The van der Waals surface area contributed by atoms with Crippen LogP contribution in [0, 0.1) is 6.92 Å². The summed E-state index contributed by atoms with van der Waals surface area (Å²) in [4.78, 5) is 0. The van der Waals surface area contributed by atoms with Gasteiger partial charge in [-0.15, -0.1) is 0 Å². The van der Waals surface area contributed by atoms with Gasteiger partial charge in [0.25, 0.3) is 0 Å². The third-order valence-electron chi connectivity index (χ3n) is 2.04. The normalized spacial score (nSPS) is 10.9. The van der Waals surface area contributed by atoms with E-state index in [4.69, 9.17) is 14.2 Å². The number of nitrogens with zero attached hydrogens (tertiary/aromatic N) is 2. The molecular formula is C11H20N2O3. The van der Waals surface area contributed by atoms with E-state index >= 15 is 0 Å². The van der Waals surface area contributed by atoms with Gasteiger partial charge in [-0.05, 0) is 13.0 Å². The minimum absolute atomic E-state index is 0.613. The van der Waals surface area contributed by atoms with Gasteiger partial charge in [0.15, 0.2) is 0 Å². The number of hydrogen-bond donors (Lipinski definition) is 0. The van der Waals surface area contributed by atoms with E-state index in [0.29, 0.717) is 33.0 Å². The summed E-state index contributed by atoms with van der Waals surface area (Å²) in [6, 6.07) is 1.98. The molecule has 0 unspecified atom stereocenters. The van der Waals surface area contributed by atoms with Crippen LogP contribution in [0.2, 0.25) is 0 Å². The number of aryl methyl sites for hydroxylation is 1. The monoisotopic (exact) mass is 228 g/mol. The maximum Gasteiger partial charge on any atom is 0.0701 e. The predicted molar refractivity (Wildman–Crippen MR) is 60.5 cm³/mol. The Balaban J connectivity index is 1.88. The molecule has 0 fully saturated rings. The van der Waals surface area contributed by atoms with Crippen LogP contribution in [-0.4, -0.2) is 49.9 Å². The van der Waals surface area contributed by atoms with Crippen molar-refractivity contribution in [3.63, 3.8) is 0 Å². The van der Waals surface area contributed by atoms with Crippen LogP contribution in [-0.2, 0) is 20.8 Å². The van der Waals surface area contributed by atoms with Gasteiger partial charge in [0.2, 0.25) is 0 Å². The molecule has 0 bridgehead atoms. The zero-order chi connectivity index (χ0) is 11.6. The molecule has 5 nitrogen and oxygen atoms in total. The van der Waals surface area contributed by atoms with Gasteiger partial charge in [-0.2, -0.15) is 5.10 Å². The van der Waals surface area contributed by atoms with Crippen molar-refractivity contribution in [1.82, 2.24) is 9.78 Å². The van der Waals surface area contributed by atoms with Crippen LogP contribution in [0.5, 0.6) is 0 Å². The average molecular weight is 228 g/mol. The lowest BCUT2D eigenvalue weighted by molar-refractivity contribution is 0.0225. The highest BCUT2D eigenvalue weighted by molar-refractivity contribution is 4.94. The highest BCUT2D eigenvalue weighted by atomic mass is 16.5. The van der Waals surface area contributed by atoms with Gasteiger partial charge in [0.1, 0.15) is 0 Å². The molecule has 0 aliphatic heterocycles. The second kappa shape index (κ2) is 8.27. The van der Waals surface area contributed by atoms with E-state index in [1.807, 2.05) is 23.9 Å². The Morgan fingerprint density at radius 3 is 2.44 bits per heavy atom. The number of methoxy groups -OCH3 is 1. The van der Waals surface area contributed by atoms with Gasteiger partial charge in [-0.1, -0.05) is 0 Å². The molecule has 5 heteroatoms. The molecular weight excluding hydrogens is 208 g/mol. The van der Waals surface area contributed by atoms with Crippen LogP contribution >= 0.6 is 0 Å². The van der Waals surface area contributed by atoms with E-state index in [1.165, 1.54) is 0 Å². The van der Waals surface area contributed by atoms with Crippen LogP contribution in [0.25, 0.3) is 0 Å². The fraction of sp³-hybridized carbons (Fsp3) is 0.727. The van der Waals surface area contributed by atoms with E-state index in [-0.39, 0.29) is 0 Å². The number of aromatic nitrogens is 2. The lowest BCUT2D eigenvalue weighted by atomic mass is 10.5. The van der Waals surface area contributed by atoms with Crippen molar-refractivity contribution >= 4 is 0 Å². The molecule has 1 aromatic rings. The van der Waals surface area contributed by atoms with Crippen LogP contribution < -0.4 is 0 Å². The highest BCUT2D eigenvalue weighted by Crippen LogP contribution is 1.92. The lowest BCUT2D eigenvalue weighted by Gasteiger charge is -2.05. The van der Waals surface area contributed by atoms with Gasteiger partial charge in [0.05, 0.1) is 45.3 Å². The van der Waals surface area contributed by atoms with Crippen molar-refractivity contribution in [1.29, 1.82) is 0 Å². The zero-order valence-electron chi connectivity index (χ0n) is 10.0. The standard InChI is InChI=1S/C11H20N2O3/c1-11-3-4-13(12-11)5-6-15-9-10-16-8-7-14-2/h3-4H,5-10H2,1-2H3. The third kappa shape index (κ3) is 5.85. The molecule has 0 N–H and O–H groups in total. The first-order valence-corrected chi connectivity index (χ1v) is 5.47. The fourth-order valence-corrected chi connectivity index (χ4v) is 1.21. The van der Waals surface area contributed by atoms with Crippen LogP contribution in [0.1, 0.15) is 5.69 Å². The summed E-state index contributed by atoms with van der Waals surface area (Å²) in [5, 5.41) is 4.26. The van der Waals surface area contributed by atoms with Gasteiger partial charge in [0, 0.05) is 13.3 Å². The minimum Gasteiger partial charge on any atom is -0.382 e. The maximum atomic E-state index is 5.40. The summed E-state index contributed by atoms with van der Waals surface area (Å²) in [5.41, 5.74) is 1.03. The summed E-state index contributed by atoms with van der Waals surface area (Å²) in [6.45, 7) is 5.90. The molecule has 0 amide bonds. The molecule has 0 atom stereocenters. The van der Waals surface area contributed by atoms with Crippen molar-refractivity contribution in [2.75, 3.05) is 40.1 Å². The molecule has 0 saturated heterocycles. The summed E-state index contributed by atoms with van der Waals surface area (Å²) >= 11 is 0. The van der Waals surface area contributed by atoms with Crippen molar-refractivity contribution in [3.8, 4) is 0 Å². The molecule has 92 valence electrons. The smallest absolute Gasteiger partial charge is 0.0701 e. The first-order chi connectivity index (χ1) is 7.83. The van der Waals surface area contributed by atoms with E-state index < -0.39 is 0 Å². The Labute approximate surface area is 96.3 Å². The number of ether oxygens (including phenoxy) is 3. The van der Waals surface area contributed by atoms with Crippen molar-refractivity contribution in [2.24, 2.45) is 0 Å². The molecule has 0 spiro atoms. The number of hydrogen-bond acceptors (Lipinski definition) is 4. The summed E-state index contributed by atoms with van der Waals surface area (Å²) in [6.07, 6.45) is 1.95. The van der Waals surface area contributed by atoms with E-state index in [9.17, 15) is 0 Å². The molecule has 1 heterocycles. The minimum atomic E-state index is 0.613. The highest BCUT2D eigenvalue weighted by Gasteiger charge is 1.94. The molecule has 1 aromatic heterocycles. The lowest BCUT2D eigenvalue weighted by Crippen LogP contribution is -2.12. The predicted octanol–water partition coefficient (Wildman–Crippen LogP) is 0.871. The van der Waals surface area contributed by atoms with Crippen LogP contribution in [0.15, 0.2) is 12.3 Å². The SMILES string of the molecule is COCCOCCOCCn1ccc(C)n1. The molecule has 0 aliphatic carbocycles. The average Bonchev–Trinajstić information content (AvgIpc) is 2.68. The topological polar surface area (TPSA) is 45.5 Å². The molecule has 0 saturated carbocycles. The van der Waals surface area contributed by atoms with Crippen molar-refractivity contribution in [3.05, 3.63) is 18.0 Å². The second-order valence-electron chi connectivity index (χ2n) is 3.44. The Hall–Kier alpha value is -0.910. The van der Waals surface area contributed by atoms with Gasteiger partial charge in [-0.3, -0.25) is 4.68 Å². The summed E-state index contributed by atoms with van der Waals surface area (Å²) in [5.74, 6) is 0. The Morgan fingerprint density at radius 1 is 1.12 bits per heavy atom. The van der Waals surface area contributed by atoms with Crippen LogP contribution in [0.3, 0.4) is 0 Å². The molecule has 16 heavy (non-hydrogen) atoms. The van der Waals surface area contributed by atoms with Crippen LogP contribution in [0.4, 0.5) is 0 Å². The number of rotatable bonds is 9. The summed E-state index contributed by atoms with van der Waals surface area (Å²) in [7, 11) is 1.66. The molecule has 0 aromatic carbocycles. The van der Waals surface area contributed by atoms with E-state index in [2.05, 4.69) is 5.10 Å². The zero-order valence-corrected chi connectivity index (χ0v) is 10.0. The fourth-order valence-electron chi connectivity index (χ4n) is 1.21. The van der Waals surface area contributed by atoms with Gasteiger partial charge < -0.3 is 14.2 Å². The van der Waals surface area contributed by atoms with Gasteiger partial charge >= 0.3 is 0 Å².